The van der Waals surface area contributed by atoms with E-state index in [0.717, 1.165) is 42.2 Å². The van der Waals surface area contributed by atoms with E-state index in [1.54, 1.807) is 0 Å². The van der Waals surface area contributed by atoms with E-state index in [1.165, 1.54) is 66.7 Å². The molecule has 0 radical (unpaired) electrons. The molecule has 6 aromatic carbocycles. The highest BCUT2D eigenvalue weighted by Crippen LogP contribution is 2.58. The van der Waals surface area contributed by atoms with Gasteiger partial charge in [-0.1, -0.05) is 158 Å². The lowest BCUT2D eigenvalue weighted by molar-refractivity contribution is -0.151. The Labute approximate surface area is 340 Å². The Bertz CT molecular complexity index is 2490. The minimum atomic E-state index is -0.784. The Morgan fingerprint density at radius 2 is 1.32 bits per heavy atom. The summed E-state index contributed by atoms with van der Waals surface area (Å²) < 4.78 is 6.08. The van der Waals surface area contributed by atoms with E-state index in [2.05, 4.69) is 153 Å². The Hall–Kier alpha value is -5.15. The maximum Gasteiger partial charge on any atom is 0.316 e. The molecular weight excluding hydrogens is 695 g/mol. The van der Waals surface area contributed by atoms with Gasteiger partial charge < -0.3 is 10.1 Å². The maximum absolute atomic E-state index is 14.1. The SMILES string of the molecule is CCCC(CC)(Nc1ccc(C)cc1)c1ccc2c(c1)C(C)(C)c1cc3c(cc1-2)C(C)(C)c1ccc2c(C(C)(CCC)C(=O)OCc4ccccc4)cccc2c1-3. The zero-order valence-corrected chi connectivity index (χ0v) is 35.5. The topological polar surface area (TPSA) is 38.3 Å². The van der Waals surface area contributed by atoms with Gasteiger partial charge in [-0.3, -0.25) is 4.79 Å². The summed E-state index contributed by atoms with van der Waals surface area (Å²) >= 11 is 0. The van der Waals surface area contributed by atoms with E-state index < -0.39 is 5.41 Å². The van der Waals surface area contributed by atoms with E-state index in [0.29, 0.717) is 6.42 Å². The van der Waals surface area contributed by atoms with Crippen LogP contribution in [0.25, 0.3) is 33.0 Å². The molecular formula is C54H59NO2. The van der Waals surface area contributed by atoms with Crippen molar-refractivity contribution in [2.45, 2.75) is 123 Å². The molecule has 0 bridgehead atoms. The quantitative estimate of drug-likeness (QED) is 0.127. The Kier molecular flexibility index (Phi) is 9.74. The molecule has 6 aromatic rings. The highest BCUT2D eigenvalue weighted by atomic mass is 16.5. The molecule has 2 aliphatic carbocycles. The van der Waals surface area contributed by atoms with Crippen molar-refractivity contribution in [3.8, 4) is 22.3 Å². The summed E-state index contributed by atoms with van der Waals surface area (Å²) in [6.45, 7) is 20.8. The first-order chi connectivity index (χ1) is 27.3. The van der Waals surface area contributed by atoms with Crippen LogP contribution in [0, 0.1) is 6.92 Å². The van der Waals surface area contributed by atoms with E-state index in [1.807, 2.05) is 30.3 Å². The van der Waals surface area contributed by atoms with Gasteiger partial charge in [-0.2, -0.15) is 0 Å². The van der Waals surface area contributed by atoms with Gasteiger partial charge in [0.2, 0.25) is 0 Å². The minimum absolute atomic E-state index is 0.163. The molecule has 57 heavy (non-hydrogen) atoms. The van der Waals surface area contributed by atoms with Crippen LogP contribution in [0.4, 0.5) is 5.69 Å². The molecule has 3 heteroatoms. The second kappa shape index (κ2) is 14.3. The smallest absolute Gasteiger partial charge is 0.316 e. The van der Waals surface area contributed by atoms with E-state index in [4.69, 9.17) is 4.74 Å². The summed E-state index contributed by atoms with van der Waals surface area (Å²) in [5, 5.41) is 6.36. The Morgan fingerprint density at radius 1 is 0.649 bits per heavy atom. The molecule has 0 aromatic heterocycles. The molecule has 0 saturated heterocycles. The highest BCUT2D eigenvalue weighted by Gasteiger charge is 2.44. The van der Waals surface area contributed by atoms with E-state index in [-0.39, 0.29) is 28.9 Å². The monoisotopic (exact) mass is 753 g/mol. The number of esters is 1. The number of carbonyl (C=O) groups excluding carboxylic acids is 1. The third kappa shape index (κ3) is 6.20. The number of anilines is 1. The van der Waals surface area contributed by atoms with Crippen molar-refractivity contribution >= 4 is 22.4 Å². The van der Waals surface area contributed by atoms with Crippen LogP contribution in [0.2, 0.25) is 0 Å². The molecule has 1 N–H and O–H groups in total. The van der Waals surface area contributed by atoms with Crippen LogP contribution in [0.5, 0.6) is 0 Å². The number of hydrogen-bond donors (Lipinski definition) is 1. The number of rotatable bonds is 12. The number of ether oxygens (including phenoxy) is 1. The number of carbonyl (C=O) groups is 1. The molecule has 2 atom stereocenters. The molecule has 0 saturated carbocycles. The fourth-order valence-corrected chi connectivity index (χ4v) is 10.4. The summed E-state index contributed by atoms with van der Waals surface area (Å²) in [7, 11) is 0. The minimum Gasteiger partial charge on any atom is -0.460 e. The van der Waals surface area contributed by atoms with Crippen molar-refractivity contribution in [1.29, 1.82) is 0 Å². The third-order valence-corrected chi connectivity index (χ3v) is 13.8. The van der Waals surface area contributed by atoms with Crippen LogP contribution in [0.1, 0.15) is 132 Å². The number of fused-ring (bicyclic) bond motifs is 8. The normalized spacial score (nSPS) is 16.5. The van der Waals surface area contributed by atoms with Crippen LogP contribution in [0.3, 0.4) is 0 Å². The summed E-state index contributed by atoms with van der Waals surface area (Å²) in [5.74, 6) is -0.168. The largest absolute Gasteiger partial charge is 0.460 e. The number of hydrogen-bond acceptors (Lipinski definition) is 3. The van der Waals surface area contributed by atoms with Gasteiger partial charge in [-0.05, 0) is 129 Å². The van der Waals surface area contributed by atoms with E-state index >= 15 is 0 Å². The lowest BCUT2D eigenvalue weighted by atomic mass is 9.75. The first-order valence-electron chi connectivity index (χ1n) is 21.3. The molecule has 0 spiro atoms. The summed E-state index contributed by atoms with van der Waals surface area (Å²) in [6.07, 6.45) is 4.73. The van der Waals surface area contributed by atoms with Crippen molar-refractivity contribution in [2.24, 2.45) is 0 Å². The van der Waals surface area contributed by atoms with Gasteiger partial charge >= 0.3 is 5.97 Å². The third-order valence-electron chi connectivity index (χ3n) is 13.8. The van der Waals surface area contributed by atoms with Crippen LogP contribution in [-0.2, 0) is 37.9 Å². The first-order valence-corrected chi connectivity index (χ1v) is 21.3. The first kappa shape index (κ1) is 38.7. The lowest BCUT2D eigenvalue weighted by Crippen LogP contribution is -2.35. The molecule has 0 fully saturated rings. The van der Waals surface area contributed by atoms with Gasteiger partial charge in [-0.25, -0.2) is 0 Å². The van der Waals surface area contributed by atoms with Crippen LogP contribution in [0.15, 0.2) is 115 Å². The fraction of sp³-hybridized carbons (Fsp3) is 0.352. The second-order valence-electron chi connectivity index (χ2n) is 18.2. The average Bonchev–Trinajstić information content (AvgIpc) is 3.58. The number of nitrogens with one attached hydrogen (secondary N) is 1. The van der Waals surface area contributed by atoms with Crippen molar-refractivity contribution in [3.63, 3.8) is 0 Å². The van der Waals surface area contributed by atoms with Crippen LogP contribution < -0.4 is 5.32 Å². The van der Waals surface area contributed by atoms with Gasteiger partial charge in [0.05, 0.1) is 11.0 Å². The average molecular weight is 754 g/mol. The lowest BCUT2D eigenvalue weighted by Gasteiger charge is -2.37. The molecule has 0 aliphatic heterocycles. The van der Waals surface area contributed by atoms with Gasteiger partial charge in [0, 0.05) is 16.5 Å². The van der Waals surface area contributed by atoms with Gasteiger partial charge in [0.15, 0.2) is 0 Å². The van der Waals surface area contributed by atoms with Crippen LogP contribution >= 0.6 is 0 Å². The predicted molar refractivity (Wildman–Crippen MR) is 239 cm³/mol. The number of benzene rings is 6. The fourth-order valence-electron chi connectivity index (χ4n) is 10.4. The van der Waals surface area contributed by atoms with Crippen molar-refractivity contribution < 1.29 is 9.53 Å². The molecule has 8 rings (SSSR count). The molecule has 0 amide bonds. The van der Waals surface area contributed by atoms with Gasteiger partial charge in [0.25, 0.3) is 0 Å². The highest BCUT2D eigenvalue weighted by molar-refractivity contribution is 6.06. The van der Waals surface area contributed by atoms with Crippen molar-refractivity contribution in [2.75, 3.05) is 5.32 Å². The maximum atomic E-state index is 14.1. The molecule has 0 heterocycles. The second-order valence-corrected chi connectivity index (χ2v) is 18.2. The van der Waals surface area contributed by atoms with Crippen molar-refractivity contribution in [3.05, 3.63) is 160 Å². The molecule has 3 nitrogen and oxygen atoms in total. The van der Waals surface area contributed by atoms with Gasteiger partial charge in [0.1, 0.15) is 6.61 Å². The summed E-state index contributed by atoms with van der Waals surface area (Å²) in [5.41, 5.74) is 15.4. The zero-order valence-electron chi connectivity index (χ0n) is 35.5. The molecule has 2 aliphatic rings. The summed E-state index contributed by atoms with van der Waals surface area (Å²) in [6, 6.07) is 42.3. The molecule has 292 valence electrons. The van der Waals surface area contributed by atoms with Crippen LogP contribution in [-0.4, -0.2) is 5.97 Å². The standard InChI is InChI=1S/C54H59NO2/c1-10-29-53(9,50(56)57-34-36-17-14-13-15-18-36)44-20-16-19-41-39(44)27-28-45-49(41)43-33-47-42(32-48(43)51(45,5)6)40-26-23-37(31-46(40)52(47,7)8)54(12-3,30-11-2)55-38-24-21-35(4)22-25-38/h13-28,31-33,55H,10-12,29-30,34H2,1-9H3. The summed E-state index contributed by atoms with van der Waals surface area (Å²) in [4.78, 5) is 14.1. The molecule has 2 unspecified atom stereocenters. The van der Waals surface area contributed by atoms with Crippen molar-refractivity contribution in [1.82, 2.24) is 0 Å². The Balaban J connectivity index is 1.22. The predicted octanol–water partition coefficient (Wildman–Crippen LogP) is 14.1. The number of aryl methyl sites for hydroxylation is 1. The zero-order chi connectivity index (χ0) is 40.3. The van der Waals surface area contributed by atoms with Gasteiger partial charge in [-0.15, -0.1) is 0 Å². The van der Waals surface area contributed by atoms with E-state index in [9.17, 15) is 4.79 Å². The Morgan fingerprint density at radius 3 is 2.02 bits per heavy atom.